The zero-order valence-corrected chi connectivity index (χ0v) is 6.52. The maximum absolute atomic E-state index is 8.08. The lowest BCUT2D eigenvalue weighted by Crippen LogP contribution is -1.97. The van der Waals surface area contributed by atoms with Crippen LogP contribution in [0.15, 0.2) is 11.3 Å². The number of hydrogen-bond acceptors (Lipinski definition) is 2. The minimum atomic E-state index is 0.374. The van der Waals surface area contributed by atoms with Crippen molar-refractivity contribution in [1.29, 1.82) is 0 Å². The Labute approximate surface area is 64.3 Å². The van der Waals surface area contributed by atoms with Crippen LogP contribution in [0.1, 0.15) is 11.3 Å². The molecule has 1 aromatic rings. The van der Waals surface area contributed by atoms with E-state index in [2.05, 4.69) is 15.1 Å². The Morgan fingerprint density at radius 2 is 2.55 bits per heavy atom. The van der Waals surface area contributed by atoms with Crippen LogP contribution in [-0.4, -0.2) is 9.78 Å². The van der Waals surface area contributed by atoms with Gasteiger partial charge in [0, 0.05) is 17.7 Å². The highest BCUT2D eigenvalue weighted by atomic mass is 15.3. The summed E-state index contributed by atoms with van der Waals surface area (Å²) >= 11 is 0. The second kappa shape index (κ2) is 3.07. The van der Waals surface area contributed by atoms with Crippen molar-refractivity contribution in [3.05, 3.63) is 27.9 Å². The van der Waals surface area contributed by atoms with Crippen LogP contribution in [0.5, 0.6) is 0 Å². The summed E-state index contributed by atoms with van der Waals surface area (Å²) in [6.45, 7) is 2.31. The van der Waals surface area contributed by atoms with E-state index in [1.807, 2.05) is 14.0 Å². The van der Waals surface area contributed by atoms with Gasteiger partial charge in [-0.05, 0) is 18.0 Å². The third kappa shape index (κ3) is 1.50. The minimum absolute atomic E-state index is 0.374. The largest absolute Gasteiger partial charge is 0.272 e. The van der Waals surface area contributed by atoms with Crippen LogP contribution in [0, 0.1) is 6.92 Å². The van der Waals surface area contributed by atoms with Gasteiger partial charge in [-0.1, -0.05) is 5.11 Å². The first-order chi connectivity index (χ1) is 5.25. The SMILES string of the molecule is Cc1cnn(C)c1CN=[N+]=[N-]. The molecule has 0 atom stereocenters. The van der Waals surface area contributed by atoms with Crippen LogP contribution in [0.3, 0.4) is 0 Å². The quantitative estimate of drug-likeness (QED) is 0.359. The molecule has 11 heavy (non-hydrogen) atoms. The smallest absolute Gasteiger partial charge is 0.0683 e. The highest BCUT2D eigenvalue weighted by Crippen LogP contribution is 2.06. The van der Waals surface area contributed by atoms with E-state index in [4.69, 9.17) is 5.53 Å². The van der Waals surface area contributed by atoms with E-state index in [0.29, 0.717) is 6.54 Å². The summed E-state index contributed by atoms with van der Waals surface area (Å²) in [5.41, 5.74) is 10.1. The van der Waals surface area contributed by atoms with E-state index in [1.165, 1.54) is 0 Å². The summed E-state index contributed by atoms with van der Waals surface area (Å²) in [6.07, 6.45) is 1.75. The van der Waals surface area contributed by atoms with Gasteiger partial charge in [0.25, 0.3) is 0 Å². The molecule has 0 fully saturated rings. The average Bonchev–Trinajstić information content (AvgIpc) is 2.29. The van der Waals surface area contributed by atoms with Crippen LogP contribution in [0.4, 0.5) is 0 Å². The Morgan fingerprint density at radius 1 is 1.82 bits per heavy atom. The number of azide groups is 1. The van der Waals surface area contributed by atoms with Crippen molar-refractivity contribution < 1.29 is 0 Å². The number of aromatic nitrogens is 2. The summed E-state index contributed by atoms with van der Waals surface area (Å²) < 4.78 is 1.71. The van der Waals surface area contributed by atoms with Gasteiger partial charge >= 0.3 is 0 Å². The molecule has 58 valence electrons. The molecular weight excluding hydrogens is 142 g/mol. The highest BCUT2D eigenvalue weighted by Gasteiger charge is 2.00. The van der Waals surface area contributed by atoms with Crippen LogP contribution in [0.25, 0.3) is 10.4 Å². The van der Waals surface area contributed by atoms with Crippen LogP contribution in [0.2, 0.25) is 0 Å². The first kappa shape index (κ1) is 7.63. The van der Waals surface area contributed by atoms with Crippen molar-refractivity contribution in [1.82, 2.24) is 9.78 Å². The predicted molar refractivity (Wildman–Crippen MR) is 40.8 cm³/mol. The second-order valence-electron chi connectivity index (χ2n) is 2.29. The molecule has 1 aromatic heterocycles. The molecule has 0 saturated heterocycles. The third-order valence-corrected chi connectivity index (χ3v) is 1.55. The molecule has 0 amide bonds. The lowest BCUT2D eigenvalue weighted by atomic mass is 10.3. The molecule has 0 N–H and O–H groups in total. The topological polar surface area (TPSA) is 66.6 Å². The van der Waals surface area contributed by atoms with Crippen LogP contribution >= 0.6 is 0 Å². The standard InChI is InChI=1S/C6H9N5/c1-5-3-9-11(2)6(5)4-8-10-7/h3H,4H2,1-2H3. The van der Waals surface area contributed by atoms with Gasteiger partial charge in [0.15, 0.2) is 0 Å². The molecule has 0 unspecified atom stereocenters. The Kier molecular flexibility index (Phi) is 2.13. The first-order valence-corrected chi connectivity index (χ1v) is 3.24. The molecule has 1 rings (SSSR count). The van der Waals surface area contributed by atoms with Crippen LogP contribution < -0.4 is 0 Å². The van der Waals surface area contributed by atoms with Gasteiger partial charge in [-0.15, -0.1) is 0 Å². The molecule has 0 aliphatic rings. The molecule has 0 spiro atoms. The maximum atomic E-state index is 8.08. The van der Waals surface area contributed by atoms with Gasteiger partial charge in [-0.25, -0.2) is 0 Å². The minimum Gasteiger partial charge on any atom is -0.272 e. The molecular formula is C6H9N5. The Morgan fingerprint density at radius 3 is 3.00 bits per heavy atom. The van der Waals surface area contributed by atoms with Crippen molar-refractivity contribution in [2.24, 2.45) is 12.2 Å². The molecule has 0 saturated carbocycles. The molecule has 0 aliphatic carbocycles. The van der Waals surface area contributed by atoms with Gasteiger partial charge in [-0.3, -0.25) is 4.68 Å². The maximum Gasteiger partial charge on any atom is 0.0683 e. The molecule has 0 radical (unpaired) electrons. The molecule has 5 heteroatoms. The molecule has 0 bridgehead atoms. The molecule has 0 aromatic carbocycles. The van der Waals surface area contributed by atoms with Gasteiger partial charge in [0.2, 0.25) is 0 Å². The zero-order valence-electron chi connectivity index (χ0n) is 6.52. The fourth-order valence-electron chi connectivity index (χ4n) is 0.898. The fourth-order valence-corrected chi connectivity index (χ4v) is 0.898. The van der Waals surface area contributed by atoms with E-state index in [-0.39, 0.29) is 0 Å². The first-order valence-electron chi connectivity index (χ1n) is 3.24. The number of rotatable bonds is 2. The van der Waals surface area contributed by atoms with Gasteiger partial charge < -0.3 is 0 Å². The van der Waals surface area contributed by atoms with Crippen molar-refractivity contribution in [2.75, 3.05) is 0 Å². The Balaban J connectivity index is 2.91. The van der Waals surface area contributed by atoms with E-state index < -0.39 is 0 Å². The summed E-state index contributed by atoms with van der Waals surface area (Å²) in [4.78, 5) is 2.68. The van der Waals surface area contributed by atoms with Gasteiger partial charge in [0.1, 0.15) is 0 Å². The van der Waals surface area contributed by atoms with E-state index in [0.717, 1.165) is 11.3 Å². The lowest BCUT2D eigenvalue weighted by Gasteiger charge is -1.96. The molecule has 5 nitrogen and oxygen atoms in total. The monoisotopic (exact) mass is 151 g/mol. The Bertz CT molecular complexity index is 274. The number of nitrogens with zero attached hydrogens (tertiary/aromatic N) is 5. The van der Waals surface area contributed by atoms with E-state index in [1.54, 1.807) is 10.9 Å². The van der Waals surface area contributed by atoms with E-state index >= 15 is 0 Å². The van der Waals surface area contributed by atoms with Crippen LogP contribution in [-0.2, 0) is 13.6 Å². The molecule has 1 heterocycles. The summed E-state index contributed by atoms with van der Waals surface area (Å²) in [7, 11) is 1.83. The third-order valence-electron chi connectivity index (χ3n) is 1.55. The summed E-state index contributed by atoms with van der Waals surface area (Å²) in [5, 5.41) is 7.46. The molecule has 0 aliphatic heterocycles. The van der Waals surface area contributed by atoms with Gasteiger partial charge in [0.05, 0.1) is 12.7 Å². The van der Waals surface area contributed by atoms with Crippen molar-refractivity contribution in [2.45, 2.75) is 13.5 Å². The number of hydrogen-bond donors (Lipinski definition) is 0. The fraction of sp³-hybridized carbons (Fsp3) is 0.500. The van der Waals surface area contributed by atoms with Gasteiger partial charge in [-0.2, -0.15) is 5.10 Å². The summed E-state index contributed by atoms with van der Waals surface area (Å²) in [5.74, 6) is 0. The lowest BCUT2D eigenvalue weighted by molar-refractivity contribution is 0.709. The number of aryl methyl sites for hydroxylation is 2. The van der Waals surface area contributed by atoms with Crippen molar-refractivity contribution in [3.63, 3.8) is 0 Å². The normalized spacial score (nSPS) is 9.27. The van der Waals surface area contributed by atoms with E-state index in [9.17, 15) is 0 Å². The summed E-state index contributed by atoms with van der Waals surface area (Å²) in [6, 6.07) is 0. The Hall–Kier alpha value is -1.48. The second-order valence-corrected chi connectivity index (χ2v) is 2.29. The van der Waals surface area contributed by atoms with Crippen molar-refractivity contribution >= 4 is 0 Å². The van der Waals surface area contributed by atoms with Crippen molar-refractivity contribution in [3.8, 4) is 0 Å². The highest BCUT2D eigenvalue weighted by molar-refractivity contribution is 5.14. The average molecular weight is 151 g/mol. The predicted octanol–water partition coefficient (Wildman–Crippen LogP) is 1.54. The zero-order chi connectivity index (χ0) is 8.27.